The first-order valence-corrected chi connectivity index (χ1v) is 11.0. The molecule has 0 amide bonds. The predicted molar refractivity (Wildman–Crippen MR) is 116 cm³/mol. The average Bonchev–Trinajstić information content (AvgIpc) is 2.74. The molecule has 0 saturated carbocycles. The van der Waals surface area contributed by atoms with E-state index in [-0.39, 0.29) is 17.3 Å². The predicted octanol–water partition coefficient (Wildman–Crippen LogP) is 3.00. The van der Waals surface area contributed by atoms with Crippen LogP contribution in [0.15, 0.2) is 23.0 Å². The Bertz CT molecular complexity index is 939. The molecule has 4 rings (SSSR count). The molecular formula is C23H31FN4O2. The Balaban J connectivity index is 1.44. The van der Waals surface area contributed by atoms with Crippen LogP contribution in [0.4, 0.5) is 10.1 Å². The largest absolute Gasteiger partial charge is 0.378 e. The average molecular weight is 415 g/mol. The summed E-state index contributed by atoms with van der Waals surface area (Å²) in [6.45, 7) is 9.13. The highest BCUT2D eigenvalue weighted by Gasteiger charge is 2.24. The van der Waals surface area contributed by atoms with Crippen molar-refractivity contribution in [1.29, 1.82) is 0 Å². The molecule has 2 aromatic rings. The fourth-order valence-corrected chi connectivity index (χ4v) is 4.63. The van der Waals surface area contributed by atoms with Crippen molar-refractivity contribution in [3.05, 3.63) is 57.0 Å². The summed E-state index contributed by atoms with van der Waals surface area (Å²) in [6, 6.07) is 5.58. The van der Waals surface area contributed by atoms with Crippen LogP contribution in [-0.4, -0.2) is 54.3 Å². The number of aryl methyl sites for hydroxylation is 1. The van der Waals surface area contributed by atoms with E-state index < -0.39 is 0 Å². The van der Waals surface area contributed by atoms with Gasteiger partial charge in [-0.1, -0.05) is 13.0 Å². The molecule has 0 radical (unpaired) electrons. The van der Waals surface area contributed by atoms with Gasteiger partial charge < -0.3 is 14.6 Å². The highest BCUT2D eigenvalue weighted by Crippen LogP contribution is 2.27. The molecule has 1 atom stereocenters. The van der Waals surface area contributed by atoms with E-state index in [1.807, 2.05) is 30.9 Å². The van der Waals surface area contributed by atoms with Crippen molar-refractivity contribution in [1.82, 2.24) is 14.9 Å². The zero-order valence-electron chi connectivity index (χ0n) is 17.9. The van der Waals surface area contributed by atoms with E-state index >= 15 is 0 Å². The van der Waals surface area contributed by atoms with Crippen molar-refractivity contribution in [2.75, 3.05) is 44.3 Å². The summed E-state index contributed by atoms with van der Waals surface area (Å²) in [5, 5.41) is 0. The van der Waals surface area contributed by atoms with Gasteiger partial charge >= 0.3 is 0 Å². The van der Waals surface area contributed by atoms with E-state index in [9.17, 15) is 9.18 Å². The molecule has 6 nitrogen and oxygen atoms in total. The van der Waals surface area contributed by atoms with Gasteiger partial charge in [0.25, 0.3) is 5.56 Å². The minimum absolute atomic E-state index is 0.0158. The summed E-state index contributed by atoms with van der Waals surface area (Å²) in [4.78, 5) is 24.4. The first-order valence-electron chi connectivity index (χ1n) is 11.0. The topological polar surface area (TPSA) is 61.5 Å². The molecule has 0 spiro atoms. The molecular weight excluding hydrogens is 383 g/mol. The SMILES string of the molecule is CCc1c(C)nc(C2CCCN(Cc3ccc(N4CCOCC4)c(F)c3)C2)[nH]c1=O. The van der Waals surface area contributed by atoms with Crippen LogP contribution in [0.2, 0.25) is 0 Å². The lowest BCUT2D eigenvalue weighted by atomic mass is 9.96. The van der Waals surface area contributed by atoms with Crippen LogP contribution in [-0.2, 0) is 17.7 Å². The molecule has 2 aliphatic rings. The summed E-state index contributed by atoms with van der Waals surface area (Å²) in [5.74, 6) is 0.821. The Morgan fingerprint density at radius 3 is 2.77 bits per heavy atom. The summed E-state index contributed by atoms with van der Waals surface area (Å²) < 4.78 is 20.1. The Hall–Kier alpha value is -2.25. The van der Waals surface area contributed by atoms with Crippen LogP contribution in [0.25, 0.3) is 0 Å². The van der Waals surface area contributed by atoms with Crippen molar-refractivity contribution in [2.24, 2.45) is 0 Å². The van der Waals surface area contributed by atoms with Crippen LogP contribution in [0.3, 0.4) is 0 Å². The molecule has 1 unspecified atom stereocenters. The van der Waals surface area contributed by atoms with Gasteiger partial charge in [0.15, 0.2) is 0 Å². The number of morpholine rings is 1. The third-order valence-electron chi connectivity index (χ3n) is 6.26. The molecule has 2 aliphatic heterocycles. The van der Waals surface area contributed by atoms with Crippen molar-refractivity contribution in [3.63, 3.8) is 0 Å². The van der Waals surface area contributed by atoms with Gasteiger partial charge in [-0.05, 0) is 50.4 Å². The van der Waals surface area contributed by atoms with E-state index in [1.54, 1.807) is 6.07 Å². The van der Waals surface area contributed by atoms with Gasteiger partial charge in [0, 0.05) is 43.4 Å². The van der Waals surface area contributed by atoms with Crippen LogP contribution in [0.5, 0.6) is 0 Å². The van der Waals surface area contributed by atoms with Crippen molar-refractivity contribution in [3.8, 4) is 0 Å². The number of hydrogen-bond acceptors (Lipinski definition) is 5. The lowest BCUT2D eigenvalue weighted by Gasteiger charge is -2.33. The van der Waals surface area contributed by atoms with Gasteiger partial charge in [0.2, 0.25) is 0 Å². The smallest absolute Gasteiger partial charge is 0.254 e. The number of anilines is 1. The van der Waals surface area contributed by atoms with Gasteiger partial charge in [-0.3, -0.25) is 9.69 Å². The summed E-state index contributed by atoms with van der Waals surface area (Å²) in [5.41, 5.74) is 3.21. The van der Waals surface area contributed by atoms with Crippen molar-refractivity contribution < 1.29 is 9.13 Å². The number of nitrogens with one attached hydrogen (secondary N) is 1. The Labute approximate surface area is 177 Å². The van der Waals surface area contributed by atoms with Crippen LogP contribution < -0.4 is 10.5 Å². The Morgan fingerprint density at radius 2 is 2.07 bits per heavy atom. The maximum absolute atomic E-state index is 14.7. The van der Waals surface area contributed by atoms with Crippen LogP contribution in [0.1, 0.15) is 48.3 Å². The van der Waals surface area contributed by atoms with Gasteiger partial charge in [-0.15, -0.1) is 0 Å². The number of ether oxygens (including phenoxy) is 1. The highest BCUT2D eigenvalue weighted by atomic mass is 19.1. The standard InChI is InChI=1S/C23H31FN4O2/c1-3-19-16(2)25-22(26-23(19)29)18-5-4-8-27(15-18)14-17-6-7-21(20(24)13-17)28-9-11-30-12-10-28/h6-7,13,18H,3-5,8-12,14-15H2,1-2H3,(H,25,26,29). The zero-order valence-corrected chi connectivity index (χ0v) is 17.9. The van der Waals surface area contributed by atoms with Crippen molar-refractivity contribution in [2.45, 2.75) is 45.6 Å². The summed E-state index contributed by atoms with van der Waals surface area (Å²) in [7, 11) is 0. The molecule has 162 valence electrons. The monoisotopic (exact) mass is 414 g/mol. The van der Waals surface area contributed by atoms with Gasteiger partial charge in [-0.25, -0.2) is 9.37 Å². The minimum Gasteiger partial charge on any atom is -0.378 e. The number of hydrogen-bond donors (Lipinski definition) is 1. The number of nitrogens with zero attached hydrogens (tertiary/aromatic N) is 3. The molecule has 3 heterocycles. The Kier molecular flexibility index (Phi) is 6.49. The van der Waals surface area contributed by atoms with Crippen LogP contribution in [0, 0.1) is 12.7 Å². The molecule has 7 heteroatoms. The lowest BCUT2D eigenvalue weighted by molar-refractivity contribution is 0.122. The maximum atomic E-state index is 14.7. The number of piperidine rings is 1. The molecule has 30 heavy (non-hydrogen) atoms. The molecule has 0 aliphatic carbocycles. The lowest BCUT2D eigenvalue weighted by Crippen LogP contribution is -2.37. The highest BCUT2D eigenvalue weighted by molar-refractivity contribution is 5.49. The second-order valence-electron chi connectivity index (χ2n) is 8.33. The third kappa shape index (κ3) is 4.57. The third-order valence-corrected chi connectivity index (χ3v) is 6.26. The number of rotatable bonds is 5. The van der Waals surface area contributed by atoms with Gasteiger partial charge in [-0.2, -0.15) is 0 Å². The van der Waals surface area contributed by atoms with Crippen LogP contribution >= 0.6 is 0 Å². The number of benzene rings is 1. The minimum atomic E-state index is -0.167. The number of likely N-dealkylation sites (tertiary alicyclic amines) is 1. The first-order chi connectivity index (χ1) is 14.5. The van der Waals surface area contributed by atoms with Crippen molar-refractivity contribution >= 4 is 5.69 Å². The zero-order chi connectivity index (χ0) is 21.1. The second kappa shape index (κ2) is 9.27. The molecule has 2 fully saturated rings. The summed E-state index contributed by atoms with van der Waals surface area (Å²) >= 11 is 0. The molecule has 1 aromatic carbocycles. The van der Waals surface area contributed by atoms with Gasteiger partial charge in [0.1, 0.15) is 11.6 Å². The molecule has 0 bridgehead atoms. The maximum Gasteiger partial charge on any atom is 0.254 e. The van der Waals surface area contributed by atoms with E-state index in [0.29, 0.717) is 31.9 Å². The van der Waals surface area contributed by atoms with Gasteiger partial charge in [0.05, 0.1) is 18.9 Å². The van der Waals surface area contributed by atoms with E-state index in [1.165, 1.54) is 0 Å². The summed E-state index contributed by atoms with van der Waals surface area (Å²) in [6.07, 6.45) is 2.74. The fourth-order valence-electron chi connectivity index (χ4n) is 4.63. The quantitative estimate of drug-likeness (QED) is 0.815. The number of aromatic amines is 1. The number of halogens is 1. The van der Waals surface area contributed by atoms with E-state index in [0.717, 1.165) is 61.7 Å². The Morgan fingerprint density at radius 1 is 1.27 bits per heavy atom. The number of aromatic nitrogens is 2. The van der Waals surface area contributed by atoms with E-state index in [2.05, 4.69) is 14.9 Å². The molecule has 1 aromatic heterocycles. The first kappa shape index (κ1) is 21.0. The molecule has 2 saturated heterocycles. The molecule has 1 N–H and O–H groups in total. The fraction of sp³-hybridized carbons (Fsp3) is 0.565. The number of H-pyrrole nitrogens is 1. The van der Waals surface area contributed by atoms with E-state index in [4.69, 9.17) is 4.74 Å². The second-order valence-corrected chi connectivity index (χ2v) is 8.33. The normalized spacial score (nSPS) is 20.5.